The van der Waals surface area contributed by atoms with Crippen LogP contribution in [0.4, 0.5) is 0 Å². The summed E-state index contributed by atoms with van der Waals surface area (Å²) < 4.78 is 11.4. The van der Waals surface area contributed by atoms with Crippen LogP contribution < -0.4 is 5.32 Å². The second kappa shape index (κ2) is 70.0. The summed E-state index contributed by atoms with van der Waals surface area (Å²) in [6.07, 6.45) is 83.7. The minimum absolute atomic E-state index is 0.130. The first-order chi connectivity index (χ1) is 43.8. The third-order valence-electron chi connectivity index (χ3n) is 20.2. The molecule has 1 fully saturated rings. The lowest BCUT2D eigenvalue weighted by atomic mass is 9.99. The molecule has 89 heavy (non-hydrogen) atoms. The average molecular weight is 1260 g/mol. The van der Waals surface area contributed by atoms with Crippen LogP contribution in [0.3, 0.4) is 0 Å². The lowest BCUT2D eigenvalue weighted by Crippen LogP contribution is -2.60. The molecule has 9 nitrogen and oxygen atoms in total. The van der Waals surface area contributed by atoms with Crippen LogP contribution in [-0.2, 0) is 14.3 Å². The zero-order valence-corrected chi connectivity index (χ0v) is 60.0. The second-order valence-electron chi connectivity index (χ2n) is 28.9. The Hall–Kier alpha value is -0.810. The monoisotopic (exact) mass is 1260 g/mol. The lowest BCUT2D eigenvalue weighted by molar-refractivity contribution is -0.302. The van der Waals surface area contributed by atoms with Gasteiger partial charge in [-0.2, -0.15) is 0 Å². The molecule has 1 heterocycles. The molecular weight excluding hydrogens is 1100 g/mol. The predicted molar refractivity (Wildman–Crippen MR) is 383 cm³/mol. The lowest BCUT2D eigenvalue weighted by Gasteiger charge is -2.40. The first-order valence-electron chi connectivity index (χ1n) is 40.7. The molecular formula is C80H159NO8. The van der Waals surface area contributed by atoms with Crippen LogP contribution >= 0.6 is 0 Å². The van der Waals surface area contributed by atoms with Crippen LogP contribution in [0.1, 0.15) is 450 Å². The summed E-state index contributed by atoms with van der Waals surface area (Å²) in [6.45, 7) is 3.92. The number of hydrogen-bond donors (Lipinski definition) is 6. The largest absolute Gasteiger partial charge is 0.394 e. The number of aliphatic hydroxyl groups is 5. The molecule has 7 unspecified atom stereocenters. The average Bonchev–Trinajstić information content (AvgIpc) is 2.28. The van der Waals surface area contributed by atoms with Crippen LogP contribution in [0.15, 0.2) is 0 Å². The van der Waals surface area contributed by atoms with Gasteiger partial charge in [-0.1, -0.05) is 431 Å². The summed E-state index contributed by atoms with van der Waals surface area (Å²) in [4.78, 5) is 13.2. The van der Waals surface area contributed by atoms with Gasteiger partial charge in [0.1, 0.15) is 24.4 Å². The highest BCUT2D eigenvalue weighted by Crippen LogP contribution is 2.25. The van der Waals surface area contributed by atoms with Gasteiger partial charge in [-0.25, -0.2) is 0 Å². The van der Waals surface area contributed by atoms with Crippen LogP contribution in [0.2, 0.25) is 0 Å². The van der Waals surface area contributed by atoms with E-state index in [0.29, 0.717) is 12.8 Å². The highest BCUT2D eigenvalue weighted by Gasteiger charge is 2.44. The van der Waals surface area contributed by atoms with Crippen molar-refractivity contribution in [3.8, 4) is 0 Å². The number of amides is 1. The molecule has 0 bridgehead atoms. The van der Waals surface area contributed by atoms with E-state index in [1.807, 2.05) is 0 Å². The molecule has 9 heteroatoms. The second-order valence-corrected chi connectivity index (χ2v) is 28.9. The maximum Gasteiger partial charge on any atom is 0.220 e. The summed E-state index contributed by atoms with van der Waals surface area (Å²) in [5.41, 5.74) is 0. The molecule has 7 atom stereocenters. The molecule has 1 rings (SSSR count). The van der Waals surface area contributed by atoms with E-state index in [9.17, 15) is 30.3 Å². The maximum atomic E-state index is 13.2. The van der Waals surface area contributed by atoms with Gasteiger partial charge in [-0.3, -0.25) is 4.79 Å². The van der Waals surface area contributed by atoms with Gasteiger partial charge in [0, 0.05) is 6.42 Å². The Kier molecular flexibility index (Phi) is 67.8. The van der Waals surface area contributed by atoms with E-state index in [1.54, 1.807) is 0 Å². The maximum absolute atomic E-state index is 13.2. The van der Waals surface area contributed by atoms with E-state index in [0.717, 1.165) is 38.5 Å². The summed E-state index contributed by atoms with van der Waals surface area (Å²) in [7, 11) is 0. The van der Waals surface area contributed by atoms with Crippen molar-refractivity contribution in [2.75, 3.05) is 13.2 Å². The molecule has 6 N–H and O–H groups in total. The van der Waals surface area contributed by atoms with Gasteiger partial charge in [-0.15, -0.1) is 0 Å². The van der Waals surface area contributed by atoms with Crippen molar-refractivity contribution in [3.05, 3.63) is 0 Å². The number of rotatable bonds is 74. The smallest absolute Gasteiger partial charge is 0.220 e. The number of carbonyl (C=O) groups is 1. The van der Waals surface area contributed by atoms with E-state index in [-0.39, 0.29) is 12.5 Å². The molecule has 0 spiro atoms. The van der Waals surface area contributed by atoms with Crippen molar-refractivity contribution in [2.45, 2.75) is 493 Å². The quantitative estimate of drug-likeness (QED) is 0.0330. The van der Waals surface area contributed by atoms with E-state index in [1.165, 1.54) is 385 Å². The summed E-state index contributed by atoms with van der Waals surface area (Å²) in [6, 6.07) is -0.716. The molecule has 1 aliphatic heterocycles. The first-order valence-corrected chi connectivity index (χ1v) is 40.7. The number of nitrogens with one attached hydrogen (secondary N) is 1. The minimum Gasteiger partial charge on any atom is -0.394 e. The summed E-state index contributed by atoms with van der Waals surface area (Å²) >= 11 is 0. The van der Waals surface area contributed by atoms with Crippen molar-refractivity contribution < 1.29 is 39.8 Å². The van der Waals surface area contributed by atoms with Gasteiger partial charge in [-0.05, 0) is 12.8 Å². The Labute approximate surface area is 554 Å². The Morgan fingerprint density at radius 3 is 0.798 bits per heavy atom. The van der Waals surface area contributed by atoms with Gasteiger partial charge in [0.25, 0.3) is 0 Å². The molecule has 0 radical (unpaired) electrons. The molecule has 0 aromatic rings. The van der Waals surface area contributed by atoms with Gasteiger partial charge < -0.3 is 40.3 Å². The zero-order chi connectivity index (χ0) is 64.2. The van der Waals surface area contributed by atoms with Gasteiger partial charge in [0.2, 0.25) is 5.91 Å². The van der Waals surface area contributed by atoms with Crippen molar-refractivity contribution in [1.82, 2.24) is 5.32 Å². The molecule has 1 amide bonds. The third-order valence-corrected chi connectivity index (χ3v) is 20.2. The normalized spacial score (nSPS) is 17.7. The van der Waals surface area contributed by atoms with E-state index >= 15 is 0 Å². The Bertz CT molecular complexity index is 1370. The van der Waals surface area contributed by atoms with Gasteiger partial charge in [0.15, 0.2) is 6.29 Å². The Balaban J connectivity index is 2.03. The van der Waals surface area contributed by atoms with Crippen LogP contribution in [0, 0.1) is 0 Å². The van der Waals surface area contributed by atoms with E-state index < -0.39 is 49.5 Å². The molecule has 532 valence electrons. The Morgan fingerprint density at radius 2 is 0.562 bits per heavy atom. The summed E-state index contributed by atoms with van der Waals surface area (Å²) in [5.74, 6) is -0.131. The van der Waals surface area contributed by atoms with E-state index in [2.05, 4.69) is 19.2 Å². The zero-order valence-electron chi connectivity index (χ0n) is 60.0. The topological polar surface area (TPSA) is 149 Å². The number of carbonyl (C=O) groups excluding carboxylic acids is 1. The standard InChI is InChI=1S/C80H159NO8/c1-3-5-7-9-11-13-15-17-19-21-23-25-27-29-31-33-35-37-39-41-43-45-47-49-51-53-55-57-59-61-63-65-67-69-74(83)73(72-88-80-79(87)78(86)77(85)75(71-82)89-80)81-76(84)70-68-66-64-62-60-58-56-54-52-50-48-46-44-42-40-38-36-34-32-30-28-26-24-22-20-18-16-14-12-10-8-6-4-2/h73-75,77-80,82-83,85-87H,3-72H2,1-2H3,(H,81,84). The first kappa shape index (κ1) is 86.2. The summed E-state index contributed by atoms with van der Waals surface area (Å²) in [5, 5.41) is 55.1. The highest BCUT2D eigenvalue weighted by atomic mass is 16.7. The molecule has 0 aromatic heterocycles. The fourth-order valence-corrected chi connectivity index (χ4v) is 13.9. The number of aliphatic hydroxyl groups excluding tert-OH is 5. The number of ether oxygens (including phenoxy) is 2. The van der Waals surface area contributed by atoms with Crippen LogP contribution in [-0.4, -0.2) is 87.5 Å². The molecule has 0 aliphatic carbocycles. The predicted octanol–water partition coefficient (Wildman–Crippen LogP) is 23.2. The molecule has 1 saturated heterocycles. The third kappa shape index (κ3) is 58.3. The van der Waals surface area contributed by atoms with E-state index in [4.69, 9.17) is 9.47 Å². The molecule has 0 saturated carbocycles. The molecule has 1 aliphatic rings. The fraction of sp³-hybridized carbons (Fsp3) is 0.988. The minimum atomic E-state index is -1.55. The van der Waals surface area contributed by atoms with Crippen molar-refractivity contribution in [1.29, 1.82) is 0 Å². The number of unbranched alkanes of at least 4 members (excludes halogenated alkanes) is 64. The van der Waals surface area contributed by atoms with Crippen molar-refractivity contribution in [2.24, 2.45) is 0 Å². The Morgan fingerprint density at radius 1 is 0.337 bits per heavy atom. The van der Waals surface area contributed by atoms with Gasteiger partial charge >= 0.3 is 0 Å². The molecule has 0 aromatic carbocycles. The van der Waals surface area contributed by atoms with Crippen LogP contribution in [0.25, 0.3) is 0 Å². The van der Waals surface area contributed by atoms with Crippen molar-refractivity contribution >= 4 is 5.91 Å². The fourth-order valence-electron chi connectivity index (χ4n) is 13.9. The van der Waals surface area contributed by atoms with Crippen molar-refractivity contribution in [3.63, 3.8) is 0 Å². The highest BCUT2D eigenvalue weighted by molar-refractivity contribution is 5.76. The van der Waals surface area contributed by atoms with Gasteiger partial charge in [0.05, 0.1) is 25.4 Å². The SMILES string of the molecule is CCCCCCCCCCCCCCCCCCCCCCCCCCCCCCCCCCCC(=O)NC(COC1OC(CO)C(O)C(O)C1O)C(O)CCCCCCCCCCCCCCCCCCCCCCCCCCCCCCCCCCC. The van der Waals surface area contributed by atoms with Crippen LogP contribution in [0.5, 0.6) is 0 Å². The number of hydrogen-bond acceptors (Lipinski definition) is 8.